The molecule has 1 rings (SSSR count). The van der Waals surface area contributed by atoms with Crippen LogP contribution in [0.2, 0.25) is 0 Å². The van der Waals surface area contributed by atoms with Gasteiger partial charge in [-0.05, 0) is 18.4 Å². The molecule has 130 valence electrons. The Balaban J connectivity index is 2.57. The van der Waals surface area contributed by atoms with Crippen molar-refractivity contribution in [3.8, 4) is 0 Å². The topological polar surface area (TPSA) is 102 Å². The van der Waals surface area contributed by atoms with Crippen molar-refractivity contribution in [3.63, 3.8) is 0 Å². The average molecular weight is 331 g/mol. The van der Waals surface area contributed by atoms with Gasteiger partial charge in [0.25, 0.3) is 5.91 Å². The van der Waals surface area contributed by atoms with Gasteiger partial charge in [0.05, 0.1) is 6.42 Å². The number of aliphatic imine (C=N–C) groups is 1. The van der Waals surface area contributed by atoms with E-state index in [0.29, 0.717) is 13.0 Å². The van der Waals surface area contributed by atoms with Crippen LogP contribution in [-0.2, 0) is 20.8 Å². The number of nitrogens with one attached hydrogen (secondary N) is 1. The summed E-state index contributed by atoms with van der Waals surface area (Å²) in [7, 11) is 0. The van der Waals surface area contributed by atoms with E-state index in [1.807, 2.05) is 37.3 Å². The van der Waals surface area contributed by atoms with E-state index in [-0.39, 0.29) is 18.6 Å². The summed E-state index contributed by atoms with van der Waals surface area (Å²) in [5.41, 5.74) is 6.11. The van der Waals surface area contributed by atoms with Crippen LogP contribution in [0.4, 0.5) is 0 Å². The molecule has 24 heavy (non-hydrogen) atoms. The Hall–Kier alpha value is -2.50. The molecule has 0 atom stereocenters. The zero-order chi connectivity index (χ0) is 17.8. The van der Waals surface area contributed by atoms with Gasteiger partial charge in [-0.1, -0.05) is 50.1 Å². The van der Waals surface area contributed by atoms with Gasteiger partial charge in [-0.2, -0.15) is 0 Å². The zero-order valence-corrected chi connectivity index (χ0v) is 14.1. The first kappa shape index (κ1) is 19.5. The Morgan fingerprint density at radius 3 is 2.46 bits per heavy atom. The predicted octanol–water partition coefficient (Wildman–Crippen LogP) is 1.77. The SMILES string of the molecule is CCCCCC(=O)N=C(CC(N)=O)C(=O)NCCc1ccccc1. The van der Waals surface area contributed by atoms with E-state index in [4.69, 9.17) is 5.73 Å². The summed E-state index contributed by atoms with van der Waals surface area (Å²) in [5, 5.41) is 2.68. The summed E-state index contributed by atoms with van der Waals surface area (Å²) in [6.45, 7) is 2.43. The molecule has 1 aromatic rings. The third-order valence-electron chi connectivity index (χ3n) is 3.40. The molecule has 0 aliphatic rings. The largest absolute Gasteiger partial charge is 0.369 e. The Labute approximate surface area is 142 Å². The van der Waals surface area contributed by atoms with Crippen LogP contribution in [0, 0.1) is 0 Å². The standard InChI is InChI=1S/C18H25N3O3/c1-2-3-5-10-17(23)21-15(13-16(19)22)18(24)20-12-11-14-8-6-4-7-9-14/h4,6-9H,2-3,5,10-13H2,1H3,(H2,19,22)(H,20,24). The van der Waals surface area contributed by atoms with Crippen molar-refractivity contribution >= 4 is 23.4 Å². The fraction of sp³-hybridized carbons (Fsp3) is 0.444. The fourth-order valence-corrected chi connectivity index (χ4v) is 2.14. The number of hydrogen-bond acceptors (Lipinski definition) is 3. The highest BCUT2D eigenvalue weighted by atomic mass is 16.2. The van der Waals surface area contributed by atoms with Gasteiger partial charge in [0.1, 0.15) is 5.71 Å². The number of amides is 3. The fourth-order valence-electron chi connectivity index (χ4n) is 2.14. The third kappa shape index (κ3) is 8.22. The van der Waals surface area contributed by atoms with Crippen LogP contribution in [0.15, 0.2) is 35.3 Å². The Morgan fingerprint density at radius 2 is 1.83 bits per heavy atom. The normalized spacial score (nSPS) is 11.1. The van der Waals surface area contributed by atoms with Crippen LogP contribution >= 0.6 is 0 Å². The second-order valence-electron chi connectivity index (χ2n) is 5.54. The van der Waals surface area contributed by atoms with E-state index in [0.717, 1.165) is 24.8 Å². The molecule has 0 aliphatic heterocycles. The second-order valence-corrected chi connectivity index (χ2v) is 5.54. The molecule has 0 unspecified atom stereocenters. The van der Waals surface area contributed by atoms with E-state index in [1.54, 1.807) is 0 Å². The van der Waals surface area contributed by atoms with Crippen molar-refractivity contribution in [1.82, 2.24) is 5.32 Å². The molecular formula is C18H25N3O3. The number of nitrogens with zero attached hydrogens (tertiary/aromatic N) is 1. The number of benzene rings is 1. The summed E-state index contributed by atoms with van der Waals surface area (Å²) in [6.07, 6.45) is 3.23. The van der Waals surface area contributed by atoms with Crippen LogP contribution < -0.4 is 11.1 Å². The first-order valence-electron chi connectivity index (χ1n) is 8.23. The van der Waals surface area contributed by atoms with Crippen molar-refractivity contribution in [3.05, 3.63) is 35.9 Å². The maximum absolute atomic E-state index is 12.1. The molecule has 0 radical (unpaired) electrons. The van der Waals surface area contributed by atoms with Crippen molar-refractivity contribution in [1.29, 1.82) is 0 Å². The van der Waals surface area contributed by atoms with E-state index >= 15 is 0 Å². The molecule has 0 saturated heterocycles. The van der Waals surface area contributed by atoms with Gasteiger partial charge in [0.15, 0.2) is 0 Å². The molecule has 0 aliphatic carbocycles. The van der Waals surface area contributed by atoms with E-state index in [9.17, 15) is 14.4 Å². The molecule has 3 N–H and O–H groups in total. The summed E-state index contributed by atoms with van der Waals surface area (Å²) in [6, 6.07) is 9.69. The molecule has 0 heterocycles. The van der Waals surface area contributed by atoms with Gasteiger partial charge in [-0.3, -0.25) is 14.4 Å². The van der Waals surface area contributed by atoms with Crippen LogP contribution in [0.25, 0.3) is 0 Å². The van der Waals surface area contributed by atoms with Crippen LogP contribution in [0.3, 0.4) is 0 Å². The molecule has 0 bridgehead atoms. The first-order chi connectivity index (χ1) is 11.5. The Kier molecular flexibility index (Phi) is 9.04. The average Bonchev–Trinajstić information content (AvgIpc) is 2.55. The number of carbonyl (C=O) groups is 3. The molecule has 0 spiro atoms. The van der Waals surface area contributed by atoms with Gasteiger partial charge in [0, 0.05) is 13.0 Å². The van der Waals surface area contributed by atoms with Gasteiger partial charge in [-0.15, -0.1) is 0 Å². The lowest BCUT2D eigenvalue weighted by Crippen LogP contribution is -2.35. The van der Waals surface area contributed by atoms with Crippen molar-refractivity contribution in [2.45, 2.75) is 45.4 Å². The molecule has 3 amide bonds. The molecule has 0 aromatic heterocycles. The van der Waals surface area contributed by atoms with Crippen LogP contribution in [-0.4, -0.2) is 30.0 Å². The minimum Gasteiger partial charge on any atom is -0.369 e. The predicted molar refractivity (Wildman–Crippen MR) is 93.6 cm³/mol. The highest BCUT2D eigenvalue weighted by molar-refractivity contribution is 6.43. The maximum Gasteiger partial charge on any atom is 0.266 e. The molecule has 1 aromatic carbocycles. The highest BCUT2D eigenvalue weighted by Crippen LogP contribution is 2.02. The molecule has 6 nitrogen and oxygen atoms in total. The quantitative estimate of drug-likeness (QED) is 0.504. The number of primary amides is 1. The van der Waals surface area contributed by atoms with Gasteiger partial charge in [-0.25, -0.2) is 4.99 Å². The number of nitrogens with two attached hydrogens (primary N) is 1. The van der Waals surface area contributed by atoms with E-state index < -0.39 is 17.7 Å². The maximum atomic E-state index is 12.1. The van der Waals surface area contributed by atoms with E-state index in [2.05, 4.69) is 10.3 Å². The first-order valence-corrected chi connectivity index (χ1v) is 8.23. The van der Waals surface area contributed by atoms with Crippen molar-refractivity contribution in [2.75, 3.05) is 6.54 Å². The lowest BCUT2D eigenvalue weighted by molar-refractivity contribution is -0.120. The Morgan fingerprint density at radius 1 is 1.12 bits per heavy atom. The number of carbonyl (C=O) groups excluding carboxylic acids is 3. The zero-order valence-electron chi connectivity index (χ0n) is 14.1. The van der Waals surface area contributed by atoms with Crippen molar-refractivity contribution < 1.29 is 14.4 Å². The summed E-state index contributed by atoms with van der Waals surface area (Å²) >= 11 is 0. The number of unbranched alkanes of at least 4 members (excludes halogenated alkanes) is 2. The minimum absolute atomic E-state index is 0.114. The lowest BCUT2D eigenvalue weighted by Gasteiger charge is -2.07. The minimum atomic E-state index is -0.687. The number of hydrogen-bond donors (Lipinski definition) is 2. The number of rotatable bonds is 10. The monoisotopic (exact) mass is 331 g/mol. The smallest absolute Gasteiger partial charge is 0.266 e. The summed E-state index contributed by atoms with van der Waals surface area (Å²) in [4.78, 5) is 38.8. The Bertz CT molecular complexity index is 582. The third-order valence-corrected chi connectivity index (χ3v) is 3.40. The van der Waals surface area contributed by atoms with E-state index in [1.165, 1.54) is 0 Å². The summed E-state index contributed by atoms with van der Waals surface area (Å²) < 4.78 is 0. The highest BCUT2D eigenvalue weighted by Gasteiger charge is 2.15. The summed E-state index contributed by atoms with van der Waals surface area (Å²) in [5.74, 6) is -1.60. The van der Waals surface area contributed by atoms with Gasteiger partial charge < -0.3 is 11.1 Å². The molecule has 0 saturated carbocycles. The van der Waals surface area contributed by atoms with Gasteiger partial charge in [0.2, 0.25) is 11.8 Å². The molecular weight excluding hydrogens is 306 g/mol. The van der Waals surface area contributed by atoms with Gasteiger partial charge >= 0.3 is 0 Å². The van der Waals surface area contributed by atoms with Crippen LogP contribution in [0.5, 0.6) is 0 Å². The van der Waals surface area contributed by atoms with Crippen LogP contribution in [0.1, 0.15) is 44.6 Å². The molecule has 6 heteroatoms. The molecule has 0 fully saturated rings. The lowest BCUT2D eigenvalue weighted by atomic mass is 10.1. The second kappa shape index (κ2) is 11.1. The van der Waals surface area contributed by atoms with Crippen molar-refractivity contribution in [2.24, 2.45) is 10.7 Å².